The van der Waals surface area contributed by atoms with Gasteiger partial charge in [-0.15, -0.1) is 0 Å². The topological polar surface area (TPSA) is 73.1 Å². The number of hydrogen-bond acceptors (Lipinski definition) is 5. The summed E-state index contributed by atoms with van der Waals surface area (Å²) in [6.07, 6.45) is 6.95. The van der Waals surface area contributed by atoms with E-state index in [9.17, 15) is 0 Å². The molecule has 0 spiro atoms. The van der Waals surface area contributed by atoms with Crippen LogP contribution < -0.4 is 15.8 Å². The highest BCUT2D eigenvalue weighted by atomic mass is 16.5. The van der Waals surface area contributed by atoms with Gasteiger partial charge in [-0.05, 0) is 37.0 Å². The molecule has 1 aromatic rings. The minimum Gasteiger partial charge on any atom is -0.479 e. The number of nitrogens with zero attached hydrogens (tertiary/aromatic N) is 2. The number of anilines is 2. The van der Waals surface area contributed by atoms with E-state index >= 15 is 0 Å². The van der Waals surface area contributed by atoms with Crippen LogP contribution in [0.4, 0.5) is 11.5 Å². The molecular weight excluding hydrogens is 216 g/mol. The molecule has 3 rings (SSSR count). The number of nitrogens with two attached hydrogens (primary N) is 1. The molecule has 0 amide bonds. The monoisotopic (exact) mass is 234 g/mol. The number of nitrogens with one attached hydrogen (secondary N) is 1. The van der Waals surface area contributed by atoms with E-state index in [1.807, 2.05) is 0 Å². The summed E-state index contributed by atoms with van der Waals surface area (Å²) in [5.74, 6) is 2.07. The van der Waals surface area contributed by atoms with Gasteiger partial charge in [0.15, 0.2) is 5.82 Å². The maximum absolute atomic E-state index is 5.92. The maximum Gasteiger partial charge on any atom is 0.242 e. The van der Waals surface area contributed by atoms with Crippen molar-refractivity contribution in [2.24, 2.45) is 11.3 Å². The average molecular weight is 234 g/mol. The lowest BCUT2D eigenvalue weighted by atomic mass is 10.0. The molecular formula is C12H18N4O. The fourth-order valence-corrected chi connectivity index (χ4v) is 2.53. The molecule has 2 fully saturated rings. The van der Waals surface area contributed by atoms with Crippen molar-refractivity contribution < 1.29 is 4.74 Å². The highest BCUT2D eigenvalue weighted by Crippen LogP contribution is 2.61. The van der Waals surface area contributed by atoms with Gasteiger partial charge < -0.3 is 15.8 Å². The Labute approximate surface area is 101 Å². The number of aromatic nitrogens is 2. The van der Waals surface area contributed by atoms with Gasteiger partial charge in [-0.3, -0.25) is 0 Å². The van der Waals surface area contributed by atoms with Crippen molar-refractivity contribution in [2.75, 3.05) is 24.7 Å². The molecule has 0 unspecified atom stereocenters. The van der Waals surface area contributed by atoms with Crippen molar-refractivity contribution in [2.45, 2.75) is 25.7 Å². The Morgan fingerprint density at radius 1 is 1.47 bits per heavy atom. The van der Waals surface area contributed by atoms with Crippen LogP contribution in [-0.4, -0.2) is 23.6 Å². The molecule has 0 atom stereocenters. The molecule has 0 bridgehead atoms. The summed E-state index contributed by atoms with van der Waals surface area (Å²) in [5.41, 5.74) is 6.96. The van der Waals surface area contributed by atoms with Crippen LogP contribution in [0.25, 0.3) is 0 Å². The third kappa shape index (κ3) is 1.90. The fourth-order valence-electron chi connectivity index (χ4n) is 2.53. The lowest BCUT2D eigenvalue weighted by molar-refractivity contribution is 0.399. The van der Waals surface area contributed by atoms with E-state index in [1.54, 1.807) is 7.11 Å². The highest BCUT2D eigenvalue weighted by molar-refractivity contribution is 5.66. The van der Waals surface area contributed by atoms with E-state index in [0.29, 0.717) is 22.8 Å². The molecule has 92 valence electrons. The minimum absolute atomic E-state index is 0.443. The van der Waals surface area contributed by atoms with E-state index < -0.39 is 0 Å². The molecule has 1 heterocycles. The quantitative estimate of drug-likeness (QED) is 0.810. The van der Waals surface area contributed by atoms with Crippen LogP contribution in [0.15, 0.2) is 6.33 Å². The fraction of sp³-hybridized carbons (Fsp3) is 0.667. The molecule has 2 aliphatic rings. The molecule has 5 heteroatoms. The van der Waals surface area contributed by atoms with E-state index in [4.69, 9.17) is 10.5 Å². The van der Waals surface area contributed by atoms with Gasteiger partial charge in [0.25, 0.3) is 0 Å². The van der Waals surface area contributed by atoms with Crippen LogP contribution in [-0.2, 0) is 0 Å². The highest BCUT2D eigenvalue weighted by Gasteiger charge is 2.53. The lowest BCUT2D eigenvalue weighted by Gasteiger charge is -2.16. The summed E-state index contributed by atoms with van der Waals surface area (Å²) in [6, 6.07) is 0. The minimum atomic E-state index is 0.443. The maximum atomic E-state index is 5.92. The Bertz CT molecular complexity index is 427. The zero-order chi connectivity index (χ0) is 11.9. The van der Waals surface area contributed by atoms with Gasteiger partial charge in [0.2, 0.25) is 5.88 Å². The zero-order valence-corrected chi connectivity index (χ0v) is 10.1. The van der Waals surface area contributed by atoms with Gasteiger partial charge in [0, 0.05) is 6.54 Å². The van der Waals surface area contributed by atoms with Gasteiger partial charge in [-0.2, -0.15) is 4.98 Å². The Morgan fingerprint density at radius 2 is 2.24 bits per heavy atom. The Kier molecular flexibility index (Phi) is 2.34. The summed E-state index contributed by atoms with van der Waals surface area (Å²) >= 11 is 0. The van der Waals surface area contributed by atoms with Crippen molar-refractivity contribution in [3.63, 3.8) is 0 Å². The van der Waals surface area contributed by atoms with Crippen LogP contribution >= 0.6 is 0 Å². The van der Waals surface area contributed by atoms with E-state index in [2.05, 4.69) is 15.3 Å². The molecule has 0 aliphatic heterocycles. The second-order valence-electron chi connectivity index (χ2n) is 5.14. The van der Waals surface area contributed by atoms with Gasteiger partial charge in [-0.1, -0.05) is 0 Å². The van der Waals surface area contributed by atoms with Crippen LogP contribution in [0.1, 0.15) is 25.7 Å². The van der Waals surface area contributed by atoms with E-state index in [0.717, 1.165) is 12.5 Å². The molecule has 2 saturated carbocycles. The van der Waals surface area contributed by atoms with Gasteiger partial charge >= 0.3 is 0 Å². The van der Waals surface area contributed by atoms with E-state index in [1.165, 1.54) is 32.0 Å². The smallest absolute Gasteiger partial charge is 0.242 e. The molecule has 1 aromatic heterocycles. The Hall–Kier alpha value is -1.52. The number of ether oxygens (including phenoxy) is 1. The van der Waals surface area contributed by atoms with Crippen LogP contribution in [0.2, 0.25) is 0 Å². The van der Waals surface area contributed by atoms with Crippen molar-refractivity contribution in [3.05, 3.63) is 6.33 Å². The molecule has 17 heavy (non-hydrogen) atoms. The van der Waals surface area contributed by atoms with Gasteiger partial charge in [0.05, 0.1) is 7.11 Å². The summed E-state index contributed by atoms with van der Waals surface area (Å²) in [7, 11) is 1.56. The molecule has 5 nitrogen and oxygen atoms in total. The normalized spacial score (nSPS) is 21.0. The number of hydrogen-bond donors (Lipinski definition) is 2. The molecule has 2 aliphatic carbocycles. The first-order chi connectivity index (χ1) is 8.25. The predicted molar refractivity (Wildman–Crippen MR) is 65.9 cm³/mol. The first-order valence-corrected chi connectivity index (χ1v) is 6.13. The van der Waals surface area contributed by atoms with Crippen molar-refractivity contribution in [3.8, 4) is 5.88 Å². The number of nitrogen functional groups attached to an aromatic ring is 1. The summed E-state index contributed by atoms with van der Waals surface area (Å²) in [4.78, 5) is 8.14. The summed E-state index contributed by atoms with van der Waals surface area (Å²) < 4.78 is 5.08. The first kappa shape index (κ1) is 10.6. The standard InChI is InChI=1S/C12H18N4O/c1-17-11-9(13)10(15-7-16-11)14-6-12(4-5-12)8-2-3-8/h7-8H,2-6,13H2,1H3,(H,14,15,16). The van der Waals surface area contributed by atoms with Crippen molar-refractivity contribution in [1.29, 1.82) is 0 Å². The lowest BCUT2D eigenvalue weighted by Crippen LogP contribution is -2.19. The molecule has 0 aromatic carbocycles. The zero-order valence-electron chi connectivity index (χ0n) is 10.1. The van der Waals surface area contributed by atoms with E-state index in [-0.39, 0.29) is 0 Å². The number of rotatable bonds is 5. The van der Waals surface area contributed by atoms with Crippen LogP contribution in [0.3, 0.4) is 0 Å². The summed E-state index contributed by atoms with van der Waals surface area (Å²) in [6.45, 7) is 0.974. The second-order valence-corrected chi connectivity index (χ2v) is 5.14. The largest absolute Gasteiger partial charge is 0.479 e. The average Bonchev–Trinajstić information content (AvgIpc) is 3.19. The molecule has 0 radical (unpaired) electrons. The van der Waals surface area contributed by atoms with Crippen LogP contribution in [0, 0.1) is 11.3 Å². The van der Waals surface area contributed by atoms with Gasteiger partial charge in [-0.25, -0.2) is 4.98 Å². The SMILES string of the molecule is COc1ncnc(NCC2(C3CC3)CC2)c1N. The Morgan fingerprint density at radius 3 is 2.82 bits per heavy atom. The third-order valence-corrected chi connectivity index (χ3v) is 3.98. The summed E-state index contributed by atoms with van der Waals surface area (Å²) in [5, 5.41) is 3.36. The van der Waals surface area contributed by atoms with Crippen molar-refractivity contribution >= 4 is 11.5 Å². The van der Waals surface area contributed by atoms with Gasteiger partial charge in [0.1, 0.15) is 12.0 Å². The molecule has 3 N–H and O–H groups in total. The van der Waals surface area contributed by atoms with Crippen LogP contribution in [0.5, 0.6) is 5.88 Å². The van der Waals surface area contributed by atoms with Crippen molar-refractivity contribution in [1.82, 2.24) is 9.97 Å². The molecule has 0 saturated heterocycles. The Balaban J connectivity index is 1.68. The predicted octanol–water partition coefficient (Wildman–Crippen LogP) is 1.67. The first-order valence-electron chi connectivity index (χ1n) is 6.13. The number of methoxy groups -OCH3 is 1. The third-order valence-electron chi connectivity index (χ3n) is 3.98. The second kappa shape index (κ2) is 3.75.